The predicted octanol–water partition coefficient (Wildman–Crippen LogP) is 1.78. The van der Waals surface area contributed by atoms with Crippen LogP contribution in [-0.4, -0.2) is 46.7 Å². The highest BCUT2D eigenvalue weighted by Gasteiger charge is 2.34. The van der Waals surface area contributed by atoms with Crippen molar-refractivity contribution in [1.29, 1.82) is 0 Å². The Hall–Kier alpha value is -1.88. The number of fused-ring (bicyclic) bond motifs is 1. The molecule has 0 spiro atoms. The van der Waals surface area contributed by atoms with Crippen molar-refractivity contribution >= 4 is 16.8 Å². The molecule has 1 aliphatic heterocycles. The molecule has 21 heavy (non-hydrogen) atoms. The Kier molecular flexibility index (Phi) is 3.15. The number of nitrogens with zero attached hydrogens (tertiary/aromatic N) is 2. The SMILES string of the molecule is O=C(NCC1CCN(C2CC2)C1)c1n[nH]c2ccccc12. The molecule has 1 atom stereocenters. The van der Waals surface area contributed by atoms with E-state index in [1.165, 1.54) is 25.8 Å². The highest BCUT2D eigenvalue weighted by atomic mass is 16.1. The van der Waals surface area contributed by atoms with Crippen molar-refractivity contribution < 1.29 is 4.79 Å². The number of rotatable bonds is 4. The van der Waals surface area contributed by atoms with Gasteiger partial charge >= 0.3 is 0 Å². The summed E-state index contributed by atoms with van der Waals surface area (Å²) in [5.74, 6) is 0.511. The number of para-hydroxylation sites is 1. The maximum absolute atomic E-state index is 12.3. The van der Waals surface area contributed by atoms with Gasteiger partial charge in [-0.1, -0.05) is 18.2 Å². The average molecular weight is 284 g/mol. The molecule has 2 N–H and O–H groups in total. The van der Waals surface area contributed by atoms with Crippen molar-refractivity contribution in [3.63, 3.8) is 0 Å². The number of hydrogen-bond donors (Lipinski definition) is 2. The summed E-state index contributed by atoms with van der Waals surface area (Å²) in [5.41, 5.74) is 1.41. The van der Waals surface area contributed by atoms with Crippen LogP contribution in [0.5, 0.6) is 0 Å². The molecule has 1 aromatic carbocycles. The van der Waals surface area contributed by atoms with Crippen LogP contribution in [0.4, 0.5) is 0 Å². The third kappa shape index (κ3) is 2.53. The maximum Gasteiger partial charge on any atom is 0.272 e. The molecule has 0 radical (unpaired) electrons. The number of H-pyrrole nitrogens is 1. The largest absolute Gasteiger partial charge is 0.350 e. The van der Waals surface area contributed by atoms with Gasteiger partial charge in [-0.3, -0.25) is 9.89 Å². The van der Waals surface area contributed by atoms with Gasteiger partial charge in [0.2, 0.25) is 0 Å². The topological polar surface area (TPSA) is 61.0 Å². The Morgan fingerprint density at radius 2 is 2.19 bits per heavy atom. The van der Waals surface area contributed by atoms with Gasteiger partial charge in [0.25, 0.3) is 5.91 Å². The molecular formula is C16H20N4O. The van der Waals surface area contributed by atoms with Crippen LogP contribution in [0.2, 0.25) is 0 Å². The second-order valence-electron chi connectivity index (χ2n) is 6.21. The minimum Gasteiger partial charge on any atom is -0.350 e. The molecule has 2 aromatic rings. The fourth-order valence-corrected chi connectivity index (χ4v) is 3.26. The summed E-state index contributed by atoms with van der Waals surface area (Å²) in [5, 5.41) is 11.0. The van der Waals surface area contributed by atoms with E-state index in [9.17, 15) is 4.79 Å². The van der Waals surface area contributed by atoms with E-state index in [2.05, 4.69) is 20.4 Å². The Morgan fingerprint density at radius 3 is 3.05 bits per heavy atom. The van der Waals surface area contributed by atoms with E-state index in [0.29, 0.717) is 11.6 Å². The highest BCUT2D eigenvalue weighted by molar-refractivity contribution is 6.04. The number of nitrogens with one attached hydrogen (secondary N) is 2. The quantitative estimate of drug-likeness (QED) is 0.899. The van der Waals surface area contributed by atoms with Crippen LogP contribution in [0.3, 0.4) is 0 Å². The molecule has 1 saturated carbocycles. The third-order valence-electron chi connectivity index (χ3n) is 4.62. The first-order chi connectivity index (χ1) is 10.3. The maximum atomic E-state index is 12.3. The van der Waals surface area contributed by atoms with Gasteiger partial charge in [-0.25, -0.2) is 0 Å². The van der Waals surface area contributed by atoms with Crippen molar-refractivity contribution in [3.05, 3.63) is 30.0 Å². The first-order valence-corrected chi connectivity index (χ1v) is 7.76. The fourth-order valence-electron chi connectivity index (χ4n) is 3.26. The molecule has 2 fully saturated rings. The van der Waals surface area contributed by atoms with Crippen molar-refractivity contribution in [3.8, 4) is 0 Å². The smallest absolute Gasteiger partial charge is 0.272 e. The molecule has 4 rings (SSSR count). The van der Waals surface area contributed by atoms with Crippen LogP contribution < -0.4 is 5.32 Å². The summed E-state index contributed by atoms with van der Waals surface area (Å²) in [6.45, 7) is 3.08. The normalized spacial score (nSPS) is 22.8. The molecule has 2 aliphatic rings. The van der Waals surface area contributed by atoms with Crippen molar-refractivity contribution in [2.75, 3.05) is 19.6 Å². The number of aromatic amines is 1. The van der Waals surface area contributed by atoms with Gasteiger partial charge in [0.05, 0.1) is 5.52 Å². The van der Waals surface area contributed by atoms with Gasteiger partial charge in [-0.05, 0) is 37.8 Å². The first-order valence-electron chi connectivity index (χ1n) is 7.76. The number of carbonyl (C=O) groups excluding carboxylic acids is 1. The van der Waals surface area contributed by atoms with E-state index in [0.717, 1.165) is 30.0 Å². The molecule has 1 amide bonds. The lowest BCUT2D eigenvalue weighted by molar-refractivity contribution is 0.0944. The zero-order valence-electron chi connectivity index (χ0n) is 12.0. The van der Waals surface area contributed by atoms with Crippen molar-refractivity contribution in [1.82, 2.24) is 20.4 Å². The molecule has 110 valence electrons. The minimum atomic E-state index is -0.0719. The van der Waals surface area contributed by atoms with Gasteiger partial charge < -0.3 is 10.2 Å². The van der Waals surface area contributed by atoms with Gasteiger partial charge in [-0.15, -0.1) is 0 Å². The Morgan fingerprint density at radius 1 is 1.33 bits per heavy atom. The summed E-state index contributed by atoms with van der Waals surface area (Å²) >= 11 is 0. The van der Waals surface area contributed by atoms with Crippen LogP contribution in [-0.2, 0) is 0 Å². The molecule has 5 heteroatoms. The standard InChI is InChI=1S/C16H20N4O/c21-16(15-13-3-1-2-4-14(13)18-19-15)17-9-11-7-8-20(10-11)12-5-6-12/h1-4,11-12H,5-10H2,(H,17,21)(H,18,19). The lowest BCUT2D eigenvalue weighted by Gasteiger charge is -2.14. The molecule has 0 bridgehead atoms. The number of aromatic nitrogens is 2. The molecule has 1 aliphatic carbocycles. The highest BCUT2D eigenvalue weighted by Crippen LogP contribution is 2.31. The van der Waals surface area contributed by atoms with E-state index in [-0.39, 0.29) is 5.91 Å². The van der Waals surface area contributed by atoms with Crippen LogP contribution in [0, 0.1) is 5.92 Å². The van der Waals surface area contributed by atoms with E-state index < -0.39 is 0 Å². The summed E-state index contributed by atoms with van der Waals surface area (Å²) in [6, 6.07) is 8.56. The summed E-state index contributed by atoms with van der Waals surface area (Å²) in [7, 11) is 0. The van der Waals surface area contributed by atoms with Gasteiger partial charge in [0, 0.05) is 24.5 Å². The zero-order valence-corrected chi connectivity index (χ0v) is 12.0. The summed E-state index contributed by atoms with van der Waals surface area (Å²) < 4.78 is 0. The van der Waals surface area contributed by atoms with Gasteiger partial charge in [-0.2, -0.15) is 5.10 Å². The van der Waals surface area contributed by atoms with E-state index in [4.69, 9.17) is 0 Å². The fraction of sp³-hybridized carbons (Fsp3) is 0.500. The lowest BCUT2D eigenvalue weighted by atomic mass is 10.1. The lowest BCUT2D eigenvalue weighted by Crippen LogP contribution is -2.31. The second-order valence-corrected chi connectivity index (χ2v) is 6.21. The van der Waals surface area contributed by atoms with Crippen LogP contribution in [0.1, 0.15) is 29.8 Å². The monoisotopic (exact) mass is 284 g/mol. The van der Waals surface area contributed by atoms with E-state index >= 15 is 0 Å². The average Bonchev–Trinajstić information content (AvgIpc) is 3.10. The van der Waals surface area contributed by atoms with E-state index in [1.54, 1.807) is 0 Å². The number of likely N-dealkylation sites (tertiary alicyclic amines) is 1. The molecule has 1 aromatic heterocycles. The molecule has 1 saturated heterocycles. The number of hydrogen-bond acceptors (Lipinski definition) is 3. The van der Waals surface area contributed by atoms with Gasteiger partial charge in [0.1, 0.15) is 0 Å². The van der Waals surface area contributed by atoms with Crippen molar-refractivity contribution in [2.24, 2.45) is 5.92 Å². The Labute approximate surface area is 123 Å². The Balaban J connectivity index is 1.37. The third-order valence-corrected chi connectivity index (χ3v) is 4.62. The summed E-state index contributed by atoms with van der Waals surface area (Å²) in [6.07, 6.45) is 3.91. The zero-order chi connectivity index (χ0) is 14.2. The molecule has 2 heterocycles. The predicted molar refractivity (Wildman–Crippen MR) is 81.1 cm³/mol. The summed E-state index contributed by atoms with van der Waals surface area (Å²) in [4.78, 5) is 14.9. The van der Waals surface area contributed by atoms with Crippen molar-refractivity contribution in [2.45, 2.75) is 25.3 Å². The minimum absolute atomic E-state index is 0.0719. The number of carbonyl (C=O) groups is 1. The number of benzene rings is 1. The number of amides is 1. The Bertz CT molecular complexity index is 661. The van der Waals surface area contributed by atoms with Crippen LogP contribution in [0.25, 0.3) is 10.9 Å². The van der Waals surface area contributed by atoms with Crippen LogP contribution in [0.15, 0.2) is 24.3 Å². The first kappa shape index (κ1) is 12.8. The van der Waals surface area contributed by atoms with Crippen LogP contribution >= 0.6 is 0 Å². The second kappa shape index (κ2) is 5.15. The molecular weight excluding hydrogens is 264 g/mol. The van der Waals surface area contributed by atoms with E-state index in [1.807, 2.05) is 24.3 Å². The molecule has 5 nitrogen and oxygen atoms in total. The van der Waals surface area contributed by atoms with Gasteiger partial charge in [0.15, 0.2) is 5.69 Å². The molecule has 1 unspecified atom stereocenters.